The van der Waals surface area contributed by atoms with E-state index in [0.29, 0.717) is 30.3 Å². The Labute approximate surface area is 139 Å². The van der Waals surface area contributed by atoms with E-state index in [0.717, 1.165) is 0 Å². The Hall–Kier alpha value is -2.77. The van der Waals surface area contributed by atoms with Crippen molar-refractivity contribution in [1.29, 1.82) is 0 Å². The molecule has 1 aromatic rings. The Kier molecular flexibility index (Phi) is 6.00. The zero-order valence-corrected chi connectivity index (χ0v) is 13.7. The van der Waals surface area contributed by atoms with Crippen LogP contribution in [0.25, 0.3) is 0 Å². The van der Waals surface area contributed by atoms with Crippen LogP contribution in [0.3, 0.4) is 0 Å². The van der Waals surface area contributed by atoms with Crippen molar-refractivity contribution in [2.45, 2.75) is 6.42 Å². The van der Waals surface area contributed by atoms with E-state index in [2.05, 4.69) is 5.32 Å². The normalized spacial score (nSPS) is 12.2. The Morgan fingerprint density at radius 3 is 2.62 bits per heavy atom. The highest BCUT2D eigenvalue weighted by molar-refractivity contribution is 5.86. The van der Waals surface area contributed by atoms with Crippen molar-refractivity contribution < 1.29 is 28.6 Å². The van der Waals surface area contributed by atoms with Crippen molar-refractivity contribution >= 4 is 17.8 Å². The predicted octanol–water partition coefficient (Wildman–Crippen LogP) is -0.252. The Morgan fingerprint density at radius 2 is 1.92 bits per heavy atom. The van der Waals surface area contributed by atoms with Gasteiger partial charge in [0.2, 0.25) is 5.91 Å². The summed E-state index contributed by atoms with van der Waals surface area (Å²) in [4.78, 5) is 36.0. The van der Waals surface area contributed by atoms with Crippen molar-refractivity contribution in [3.05, 3.63) is 23.8 Å². The number of fused-ring (bicyclic) bond motifs is 1. The van der Waals surface area contributed by atoms with Gasteiger partial charge in [-0.1, -0.05) is 6.07 Å². The highest BCUT2D eigenvalue weighted by Gasteiger charge is 2.16. The SMILES string of the molecule is CNC(=O)CN(C)C(=O)COC(=O)Cc1ccc2c(c1)OCCO2. The van der Waals surface area contributed by atoms with Crippen LogP contribution < -0.4 is 14.8 Å². The molecule has 1 N–H and O–H groups in total. The summed E-state index contributed by atoms with van der Waals surface area (Å²) < 4.78 is 15.8. The summed E-state index contributed by atoms with van der Waals surface area (Å²) in [5.41, 5.74) is 0.704. The number of likely N-dealkylation sites (N-methyl/N-ethyl adjacent to an activating group) is 2. The van der Waals surface area contributed by atoms with E-state index in [9.17, 15) is 14.4 Å². The molecule has 0 fully saturated rings. The second kappa shape index (κ2) is 8.19. The number of hydrogen-bond donors (Lipinski definition) is 1. The maximum atomic E-state index is 11.8. The van der Waals surface area contributed by atoms with Crippen LogP contribution >= 0.6 is 0 Å². The summed E-state index contributed by atoms with van der Waals surface area (Å²) in [6.07, 6.45) is 0.0169. The van der Waals surface area contributed by atoms with Crippen LogP contribution in [-0.2, 0) is 25.5 Å². The van der Waals surface area contributed by atoms with Gasteiger partial charge in [-0.2, -0.15) is 0 Å². The number of nitrogens with zero attached hydrogens (tertiary/aromatic N) is 1. The standard InChI is InChI=1S/C16H20N2O6/c1-17-14(19)9-18(2)15(20)10-24-16(21)8-11-3-4-12-13(7-11)23-6-5-22-12/h3-4,7H,5-6,8-10H2,1-2H3,(H,17,19). The molecule has 0 atom stereocenters. The smallest absolute Gasteiger partial charge is 0.310 e. The minimum Gasteiger partial charge on any atom is -0.486 e. The van der Waals surface area contributed by atoms with Gasteiger partial charge in [-0.3, -0.25) is 14.4 Å². The van der Waals surface area contributed by atoms with Gasteiger partial charge in [-0.15, -0.1) is 0 Å². The molecule has 0 radical (unpaired) electrons. The fourth-order valence-electron chi connectivity index (χ4n) is 2.05. The summed E-state index contributed by atoms with van der Waals surface area (Å²) in [6.45, 7) is 0.471. The number of rotatable bonds is 6. The van der Waals surface area contributed by atoms with E-state index < -0.39 is 18.5 Å². The third-order valence-corrected chi connectivity index (χ3v) is 3.40. The average molecular weight is 336 g/mol. The third-order valence-electron chi connectivity index (χ3n) is 3.40. The Morgan fingerprint density at radius 1 is 1.21 bits per heavy atom. The van der Waals surface area contributed by atoms with Crippen LogP contribution in [0.15, 0.2) is 18.2 Å². The van der Waals surface area contributed by atoms with E-state index in [4.69, 9.17) is 14.2 Å². The predicted molar refractivity (Wildman–Crippen MR) is 83.8 cm³/mol. The monoisotopic (exact) mass is 336 g/mol. The van der Waals surface area contributed by atoms with Crippen LogP contribution in [-0.4, -0.2) is 63.1 Å². The van der Waals surface area contributed by atoms with Gasteiger partial charge < -0.3 is 24.4 Å². The molecule has 1 aromatic carbocycles. The highest BCUT2D eigenvalue weighted by Crippen LogP contribution is 2.30. The van der Waals surface area contributed by atoms with Crippen LogP contribution in [0, 0.1) is 0 Å². The van der Waals surface area contributed by atoms with Crippen molar-refractivity contribution in [3.8, 4) is 11.5 Å². The molecule has 0 saturated heterocycles. The molecule has 1 aliphatic heterocycles. The zero-order valence-electron chi connectivity index (χ0n) is 13.7. The van der Waals surface area contributed by atoms with E-state index in [1.165, 1.54) is 19.0 Å². The van der Waals surface area contributed by atoms with Gasteiger partial charge in [0, 0.05) is 14.1 Å². The second-order valence-electron chi connectivity index (χ2n) is 5.24. The fourth-order valence-corrected chi connectivity index (χ4v) is 2.05. The van der Waals surface area contributed by atoms with Gasteiger partial charge in [0.05, 0.1) is 13.0 Å². The van der Waals surface area contributed by atoms with E-state index in [-0.39, 0.29) is 18.9 Å². The first-order chi connectivity index (χ1) is 11.5. The van der Waals surface area contributed by atoms with Gasteiger partial charge in [-0.05, 0) is 17.7 Å². The Bertz CT molecular complexity index is 631. The first-order valence-corrected chi connectivity index (χ1v) is 7.48. The number of benzene rings is 1. The molecule has 24 heavy (non-hydrogen) atoms. The first kappa shape index (κ1) is 17.6. The number of carbonyl (C=O) groups is 3. The van der Waals surface area contributed by atoms with Crippen molar-refractivity contribution in [1.82, 2.24) is 10.2 Å². The van der Waals surface area contributed by atoms with E-state index in [1.807, 2.05) is 0 Å². The molecule has 2 amide bonds. The summed E-state index contributed by atoms with van der Waals surface area (Å²) in [6, 6.07) is 5.20. The maximum absolute atomic E-state index is 11.8. The van der Waals surface area contributed by atoms with E-state index >= 15 is 0 Å². The number of nitrogens with one attached hydrogen (secondary N) is 1. The van der Waals surface area contributed by atoms with Gasteiger partial charge in [0.1, 0.15) is 13.2 Å². The largest absolute Gasteiger partial charge is 0.486 e. The van der Waals surface area contributed by atoms with Crippen molar-refractivity contribution in [2.75, 3.05) is 40.5 Å². The fraction of sp³-hybridized carbons (Fsp3) is 0.438. The molecule has 0 aliphatic carbocycles. The minimum atomic E-state index is -0.534. The van der Waals surface area contributed by atoms with Crippen LogP contribution in [0.4, 0.5) is 0 Å². The summed E-state index contributed by atoms with van der Waals surface area (Å²) in [7, 11) is 2.94. The van der Waals surface area contributed by atoms with Crippen LogP contribution in [0.2, 0.25) is 0 Å². The van der Waals surface area contributed by atoms with Gasteiger partial charge in [0.15, 0.2) is 18.1 Å². The quantitative estimate of drug-likeness (QED) is 0.720. The zero-order chi connectivity index (χ0) is 17.5. The average Bonchev–Trinajstić information content (AvgIpc) is 2.59. The molecule has 1 heterocycles. The summed E-state index contributed by atoms with van der Waals surface area (Å²) in [5, 5.41) is 2.41. The minimum absolute atomic E-state index is 0.0169. The number of amides is 2. The Balaban J connectivity index is 1.81. The van der Waals surface area contributed by atoms with Gasteiger partial charge >= 0.3 is 5.97 Å². The molecule has 0 saturated carbocycles. The lowest BCUT2D eigenvalue weighted by molar-refractivity contribution is -0.151. The first-order valence-electron chi connectivity index (χ1n) is 7.48. The molecule has 8 nitrogen and oxygen atoms in total. The molecule has 0 spiro atoms. The molecule has 1 aliphatic rings. The number of esters is 1. The third kappa shape index (κ3) is 4.87. The molecule has 0 bridgehead atoms. The number of hydrogen-bond acceptors (Lipinski definition) is 6. The number of carbonyl (C=O) groups excluding carboxylic acids is 3. The molecular weight excluding hydrogens is 316 g/mol. The van der Waals surface area contributed by atoms with E-state index in [1.54, 1.807) is 18.2 Å². The lowest BCUT2D eigenvalue weighted by Gasteiger charge is -2.19. The van der Waals surface area contributed by atoms with Crippen molar-refractivity contribution in [3.63, 3.8) is 0 Å². The number of ether oxygens (including phenoxy) is 3. The maximum Gasteiger partial charge on any atom is 0.310 e. The lowest BCUT2D eigenvalue weighted by Crippen LogP contribution is -2.39. The molecule has 0 unspecified atom stereocenters. The molecular formula is C16H20N2O6. The van der Waals surface area contributed by atoms with Crippen LogP contribution in [0.1, 0.15) is 5.56 Å². The molecule has 2 rings (SSSR count). The lowest BCUT2D eigenvalue weighted by atomic mass is 10.1. The topological polar surface area (TPSA) is 94.2 Å². The van der Waals surface area contributed by atoms with Crippen molar-refractivity contribution in [2.24, 2.45) is 0 Å². The molecule has 0 aromatic heterocycles. The molecule has 8 heteroatoms. The van der Waals surface area contributed by atoms with Crippen LogP contribution in [0.5, 0.6) is 11.5 Å². The summed E-state index contributed by atoms with van der Waals surface area (Å²) in [5.74, 6) is -0.0479. The van der Waals surface area contributed by atoms with Gasteiger partial charge in [0.25, 0.3) is 5.91 Å². The summed E-state index contributed by atoms with van der Waals surface area (Å²) >= 11 is 0. The highest BCUT2D eigenvalue weighted by atomic mass is 16.6. The second-order valence-corrected chi connectivity index (χ2v) is 5.24. The van der Waals surface area contributed by atoms with Gasteiger partial charge in [-0.25, -0.2) is 0 Å². The molecule has 130 valence electrons.